The first kappa shape index (κ1) is 12.6. The van der Waals surface area contributed by atoms with Gasteiger partial charge in [0.1, 0.15) is 0 Å². The molecule has 20 heavy (non-hydrogen) atoms. The van der Waals surface area contributed by atoms with Crippen LogP contribution in [0.3, 0.4) is 0 Å². The Hall–Kier alpha value is -2.40. The fraction of sp³-hybridized carbons (Fsp3) is 0.200. The van der Waals surface area contributed by atoms with E-state index in [2.05, 4.69) is 15.6 Å². The van der Waals surface area contributed by atoms with Crippen molar-refractivity contribution in [1.29, 1.82) is 0 Å². The first-order valence-electron chi connectivity index (χ1n) is 6.53. The van der Waals surface area contributed by atoms with Crippen molar-refractivity contribution >= 4 is 0 Å². The minimum atomic E-state index is 0.664. The van der Waals surface area contributed by atoms with Gasteiger partial charge < -0.3 is 9.84 Å². The van der Waals surface area contributed by atoms with Crippen LogP contribution in [0.5, 0.6) is 0 Å². The molecule has 0 saturated heterocycles. The predicted octanol–water partition coefficient (Wildman–Crippen LogP) is 2.46. The Labute approximate surface area is 117 Å². The highest BCUT2D eigenvalue weighted by Crippen LogP contribution is 2.08. The zero-order chi connectivity index (χ0) is 13.8. The topological polar surface area (TPSA) is 55.9 Å². The van der Waals surface area contributed by atoms with Gasteiger partial charge in [0, 0.05) is 24.4 Å². The lowest BCUT2D eigenvalue weighted by Gasteiger charge is -2.00. The second-order valence-electron chi connectivity index (χ2n) is 4.67. The standard InChI is InChI=1S/C15H16N4O/c1-12-7-15(20-18-12)10-16-8-13-9-17-19(11-13)14-5-3-2-4-6-14/h2-7,9,11,16H,8,10H2,1H3. The van der Waals surface area contributed by atoms with Crippen LogP contribution in [0.1, 0.15) is 17.0 Å². The van der Waals surface area contributed by atoms with Crippen LogP contribution in [-0.2, 0) is 13.1 Å². The highest BCUT2D eigenvalue weighted by molar-refractivity contribution is 5.30. The number of nitrogens with one attached hydrogen (secondary N) is 1. The third kappa shape index (κ3) is 2.95. The number of para-hydroxylation sites is 1. The van der Waals surface area contributed by atoms with Gasteiger partial charge in [-0.05, 0) is 19.1 Å². The van der Waals surface area contributed by atoms with Crippen molar-refractivity contribution in [1.82, 2.24) is 20.3 Å². The van der Waals surface area contributed by atoms with Gasteiger partial charge in [0.25, 0.3) is 0 Å². The lowest BCUT2D eigenvalue weighted by molar-refractivity contribution is 0.369. The van der Waals surface area contributed by atoms with Gasteiger partial charge in [-0.1, -0.05) is 23.4 Å². The lowest BCUT2D eigenvalue weighted by Crippen LogP contribution is -2.11. The van der Waals surface area contributed by atoms with E-state index in [9.17, 15) is 0 Å². The summed E-state index contributed by atoms with van der Waals surface area (Å²) in [6.45, 7) is 3.32. The number of nitrogens with zero attached hydrogens (tertiary/aromatic N) is 3. The van der Waals surface area contributed by atoms with Gasteiger partial charge in [-0.2, -0.15) is 5.10 Å². The molecule has 0 bridgehead atoms. The summed E-state index contributed by atoms with van der Waals surface area (Å²) in [6.07, 6.45) is 3.89. The van der Waals surface area contributed by atoms with E-state index in [1.165, 1.54) is 0 Å². The second-order valence-corrected chi connectivity index (χ2v) is 4.67. The molecule has 5 nitrogen and oxygen atoms in total. The van der Waals surface area contributed by atoms with Gasteiger partial charge in [0.15, 0.2) is 5.76 Å². The highest BCUT2D eigenvalue weighted by atomic mass is 16.5. The molecule has 3 rings (SSSR count). The fourth-order valence-electron chi connectivity index (χ4n) is 2.00. The Morgan fingerprint density at radius 2 is 2.05 bits per heavy atom. The molecule has 2 aromatic heterocycles. The van der Waals surface area contributed by atoms with E-state index in [-0.39, 0.29) is 0 Å². The molecule has 0 unspecified atom stereocenters. The number of hydrogen-bond acceptors (Lipinski definition) is 4. The largest absolute Gasteiger partial charge is 0.360 e. The third-order valence-electron chi connectivity index (χ3n) is 2.96. The first-order valence-corrected chi connectivity index (χ1v) is 6.53. The van der Waals surface area contributed by atoms with Gasteiger partial charge in [0.05, 0.1) is 24.1 Å². The molecule has 0 aliphatic heterocycles. The molecule has 0 spiro atoms. The average molecular weight is 268 g/mol. The number of aromatic nitrogens is 3. The van der Waals surface area contributed by atoms with E-state index in [1.807, 2.05) is 60.4 Å². The minimum Gasteiger partial charge on any atom is -0.360 e. The van der Waals surface area contributed by atoms with Gasteiger partial charge >= 0.3 is 0 Å². The van der Waals surface area contributed by atoms with Crippen LogP contribution in [0, 0.1) is 6.92 Å². The normalized spacial score (nSPS) is 10.8. The lowest BCUT2D eigenvalue weighted by atomic mass is 10.3. The first-order chi connectivity index (χ1) is 9.81. The molecule has 0 atom stereocenters. The van der Waals surface area contributed by atoms with Crippen molar-refractivity contribution in [2.75, 3.05) is 0 Å². The van der Waals surface area contributed by atoms with Gasteiger partial charge in [-0.3, -0.25) is 0 Å². The summed E-state index contributed by atoms with van der Waals surface area (Å²) in [5, 5.41) is 11.5. The van der Waals surface area contributed by atoms with E-state index < -0.39 is 0 Å². The van der Waals surface area contributed by atoms with Crippen LogP contribution in [0.4, 0.5) is 0 Å². The van der Waals surface area contributed by atoms with E-state index in [0.717, 1.165) is 29.2 Å². The van der Waals surface area contributed by atoms with Gasteiger partial charge in [0.2, 0.25) is 0 Å². The van der Waals surface area contributed by atoms with E-state index in [4.69, 9.17) is 4.52 Å². The summed E-state index contributed by atoms with van der Waals surface area (Å²) in [5.74, 6) is 0.845. The molecular weight excluding hydrogens is 252 g/mol. The van der Waals surface area contributed by atoms with Crippen LogP contribution < -0.4 is 5.32 Å². The maximum atomic E-state index is 5.14. The third-order valence-corrected chi connectivity index (χ3v) is 2.96. The Bertz CT molecular complexity index is 672. The quantitative estimate of drug-likeness (QED) is 0.772. The van der Waals surface area contributed by atoms with Crippen molar-refractivity contribution in [2.45, 2.75) is 20.0 Å². The van der Waals surface area contributed by atoms with Crippen molar-refractivity contribution in [3.8, 4) is 5.69 Å². The van der Waals surface area contributed by atoms with Crippen LogP contribution in [-0.4, -0.2) is 14.9 Å². The monoisotopic (exact) mass is 268 g/mol. The van der Waals surface area contributed by atoms with Gasteiger partial charge in [-0.25, -0.2) is 4.68 Å². The summed E-state index contributed by atoms with van der Waals surface area (Å²) < 4.78 is 7.01. The van der Waals surface area contributed by atoms with Crippen LogP contribution in [0.25, 0.3) is 5.69 Å². The average Bonchev–Trinajstić information content (AvgIpc) is 3.09. The summed E-state index contributed by atoms with van der Waals surface area (Å²) in [4.78, 5) is 0. The number of benzene rings is 1. The van der Waals surface area contributed by atoms with E-state index >= 15 is 0 Å². The molecule has 0 radical (unpaired) electrons. The molecular formula is C15H16N4O. The van der Waals surface area contributed by atoms with Crippen LogP contribution in [0.2, 0.25) is 0 Å². The summed E-state index contributed by atoms with van der Waals surface area (Å²) in [7, 11) is 0. The van der Waals surface area contributed by atoms with Crippen LogP contribution >= 0.6 is 0 Å². The summed E-state index contributed by atoms with van der Waals surface area (Å²) in [6, 6.07) is 12.0. The molecule has 0 amide bonds. The second kappa shape index (κ2) is 5.71. The smallest absolute Gasteiger partial charge is 0.150 e. The Morgan fingerprint density at radius 1 is 1.20 bits per heavy atom. The molecule has 2 heterocycles. The Kier molecular flexibility index (Phi) is 3.60. The number of rotatable bonds is 5. The van der Waals surface area contributed by atoms with Gasteiger partial charge in [-0.15, -0.1) is 0 Å². The molecule has 0 fully saturated rings. The zero-order valence-corrected chi connectivity index (χ0v) is 11.3. The van der Waals surface area contributed by atoms with Crippen molar-refractivity contribution in [3.63, 3.8) is 0 Å². The number of aryl methyl sites for hydroxylation is 1. The maximum absolute atomic E-state index is 5.14. The molecule has 0 aliphatic rings. The zero-order valence-electron chi connectivity index (χ0n) is 11.3. The molecule has 1 aromatic carbocycles. The fourth-order valence-corrected chi connectivity index (χ4v) is 2.00. The predicted molar refractivity (Wildman–Crippen MR) is 75.3 cm³/mol. The summed E-state index contributed by atoms with van der Waals surface area (Å²) in [5.41, 5.74) is 3.09. The van der Waals surface area contributed by atoms with Crippen molar-refractivity contribution < 1.29 is 4.52 Å². The Morgan fingerprint density at radius 3 is 2.80 bits per heavy atom. The van der Waals surface area contributed by atoms with Crippen molar-refractivity contribution in [3.05, 3.63) is 65.8 Å². The SMILES string of the molecule is Cc1cc(CNCc2cnn(-c3ccccc3)c2)on1. The maximum Gasteiger partial charge on any atom is 0.150 e. The molecule has 1 N–H and O–H groups in total. The number of hydrogen-bond donors (Lipinski definition) is 1. The summed E-state index contributed by atoms with van der Waals surface area (Å²) >= 11 is 0. The van der Waals surface area contributed by atoms with E-state index in [1.54, 1.807) is 0 Å². The molecule has 0 saturated carbocycles. The highest BCUT2D eigenvalue weighted by Gasteiger charge is 2.02. The van der Waals surface area contributed by atoms with Crippen LogP contribution in [0.15, 0.2) is 53.3 Å². The Balaban J connectivity index is 1.58. The minimum absolute atomic E-state index is 0.664. The van der Waals surface area contributed by atoms with Crippen molar-refractivity contribution in [2.24, 2.45) is 0 Å². The molecule has 102 valence electrons. The van der Waals surface area contributed by atoms with E-state index in [0.29, 0.717) is 6.54 Å². The molecule has 0 aliphatic carbocycles. The molecule has 3 aromatic rings. The molecule has 5 heteroatoms.